The van der Waals surface area contributed by atoms with Gasteiger partial charge >= 0.3 is 0 Å². The molecule has 0 fully saturated rings. The Morgan fingerprint density at radius 1 is 1.57 bits per heavy atom. The smallest absolute Gasteiger partial charge is 0.0383 e. The van der Waals surface area contributed by atoms with E-state index in [2.05, 4.69) is 36.2 Å². The van der Waals surface area contributed by atoms with Crippen LogP contribution in [0.25, 0.3) is 6.08 Å². The SMILES string of the molecule is C/C=C(C)\C=C/c1cc(CCN)c[nH]1. The van der Waals surface area contributed by atoms with E-state index in [1.807, 2.05) is 13.1 Å². The molecular weight excluding hydrogens is 172 g/mol. The molecule has 0 unspecified atom stereocenters. The van der Waals surface area contributed by atoms with E-state index in [0.717, 1.165) is 12.1 Å². The summed E-state index contributed by atoms with van der Waals surface area (Å²) < 4.78 is 0. The van der Waals surface area contributed by atoms with Gasteiger partial charge < -0.3 is 10.7 Å². The third-order valence-electron chi connectivity index (χ3n) is 2.18. The fourth-order valence-electron chi connectivity index (χ4n) is 1.18. The quantitative estimate of drug-likeness (QED) is 0.704. The summed E-state index contributed by atoms with van der Waals surface area (Å²) in [6.07, 6.45) is 9.21. The summed E-state index contributed by atoms with van der Waals surface area (Å²) in [5, 5.41) is 0. The summed E-state index contributed by atoms with van der Waals surface area (Å²) in [7, 11) is 0. The first-order valence-electron chi connectivity index (χ1n) is 4.94. The first-order chi connectivity index (χ1) is 6.76. The predicted octanol–water partition coefficient (Wildman–Crippen LogP) is 2.50. The molecule has 0 atom stereocenters. The highest BCUT2D eigenvalue weighted by molar-refractivity contribution is 5.50. The first kappa shape index (κ1) is 10.8. The third-order valence-corrected chi connectivity index (χ3v) is 2.18. The van der Waals surface area contributed by atoms with Gasteiger partial charge in [-0.3, -0.25) is 0 Å². The second-order valence-corrected chi connectivity index (χ2v) is 3.37. The summed E-state index contributed by atoms with van der Waals surface area (Å²) in [6, 6.07) is 2.13. The monoisotopic (exact) mass is 190 g/mol. The second-order valence-electron chi connectivity index (χ2n) is 3.37. The molecule has 0 saturated heterocycles. The fourth-order valence-corrected chi connectivity index (χ4v) is 1.18. The summed E-state index contributed by atoms with van der Waals surface area (Å²) >= 11 is 0. The average Bonchev–Trinajstić information content (AvgIpc) is 2.63. The highest BCUT2D eigenvalue weighted by atomic mass is 14.7. The topological polar surface area (TPSA) is 41.8 Å². The molecule has 1 heterocycles. The van der Waals surface area contributed by atoms with Crippen LogP contribution in [0.5, 0.6) is 0 Å². The molecule has 76 valence electrons. The van der Waals surface area contributed by atoms with Crippen molar-refractivity contribution in [3.63, 3.8) is 0 Å². The lowest BCUT2D eigenvalue weighted by Crippen LogP contribution is -2.01. The van der Waals surface area contributed by atoms with Crippen LogP contribution in [0.4, 0.5) is 0 Å². The summed E-state index contributed by atoms with van der Waals surface area (Å²) in [5.41, 5.74) is 9.14. The molecule has 0 bridgehead atoms. The number of H-pyrrole nitrogens is 1. The van der Waals surface area contributed by atoms with Gasteiger partial charge in [-0.15, -0.1) is 0 Å². The van der Waals surface area contributed by atoms with E-state index in [4.69, 9.17) is 5.73 Å². The Labute approximate surface area is 85.5 Å². The Bertz CT molecular complexity index is 332. The summed E-state index contributed by atoms with van der Waals surface area (Å²) in [5.74, 6) is 0. The number of nitrogens with two attached hydrogens (primary N) is 1. The molecule has 0 spiro atoms. The Kier molecular flexibility index (Phi) is 4.20. The van der Waals surface area contributed by atoms with Gasteiger partial charge in [-0.05, 0) is 44.5 Å². The third kappa shape index (κ3) is 3.23. The van der Waals surface area contributed by atoms with Crippen molar-refractivity contribution >= 4 is 6.08 Å². The number of aromatic nitrogens is 1. The van der Waals surface area contributed by atoms with E-state index in [1.165, 1.54) is 11.1 Å². The summed E-state index contributed by atoms with van der Waals surface area (Å²) in [4.78, 5) is 3.20. The van der Waals surface area contributed by atoms with Gasteiger partial charge in [0.05, 0.1) is 0 Å². The number of hydrogen-bond acceptors (Lipinski definition) is 1. The van der Waals surface area contributed by atoms with E-state index >= 15 is 0 Å². The van der Waals surface area contributed by atoms with Gasteiger partial charge in [0, 0.05) is 11.9 Å². The molecule has 14 heavy (non-hydrogen) atoms. The Morgan fingerprint density at radius 3 is 3.00 bits per heavy atom. The highest BCUT2D eigenvalue weighted by Crippen LogP contribution is 2.07. The maximum absolute atomic E-state index is 5.47. The minimum Gasteiger partial charge on any atom is -0.361 e. The van der Waals surface area contributed by atoms with Crippen LogP contribution in [0.2, 0.25) is 0 Å². The molecule has 2 nitrogen and oxygen atoms in total. The molecule has 1 aromatic rings. The number of rotatable bonds is 4. The van der Waals surface area contributed by atoms with E-state index in [0.29, 0.717) is 6.54 Å². The van der Waals surface area contributed by atoms with E-state index < -0.39 is 0 Å². The van der Waals surface area contributed by atoms with Crippen molar-refractivity contribution in [2.75, 3.05) is 6.54 Å². The van der Waals surface area contributed by atoms with Crippen molar-refractivity contribution in [2.45, 2.75) is 20.3 Å². The molecular formula is C12H18N2. The van der Waals surface area contributed by atoms with Crippen LogP contribution in [-0.4, -0.2) is 11.5 Å². The number of allylic oxidation sites excluding steroid dienone is 3. The van der Waals surface area contributed by atoms with Gasteiger partial charge in [0.15, 0.2) is 0 Å². The van der Waals surface area contributed by atoms with Gasteiger partial charge in [0.2, 0.25) is 0 Å². The van der Waals surface area contributed by atoms with Crippen molar-refractivity contribution in [3.8, 4) is 0 Å². The van der Waals surface area contributed by atoms with Crippen molar-refractivity contribution in [2.24, 2.45) is 5.73 Å². The van der Waals surface area contributed by atoms with Gasteiger partial charge in [0.25, 0.3) is 0 Å². The molecule has 1 aromatic heterocycles. The van der Waals surface area contributed by atoms with Crippen molar-refractivity contribution in [1.29, 1.82) is 0 Å². The number of nitrogens with one attached hydrogen (secondary N) is 1. The van der Waals surface area contributed by atoms with E-state index in [-0.39, 0.29) is 0 Å². The van der Waals surface area contributed by atoms with Crippen LogP contribution in [0.1, 0.15) is 25.1 Å². The molecule has 0 aliphatic rings. The van der Waals surface area contributed by atoms with Gasteiger partial charge in [-0.25, -0.2) is 0 Å². The van der Waals surface area contributed by atoms with Gasteiger partial charge in [0.1, 0.15) is 0 Å². The maximum Gasteiger partial charge on any atom is 0.0383 e. The Morgan fingerprint density at radius 2 is 2.36 bits per heavy atom. The zero-order valence-electron chi connectivity index (χ0n) is 8.88. The minimum atomic E-state index is 0.703. The maximum atomic E-state index is 5.47. The minimum absolute atomic E-state index is 0.703. The van der Waals surface area contributed by atoms with Crippen molar-refractivity contribution in [3.05, 3.63) is 41.2 Å². The largest absolute Gasteiger partial charge is 0.361 e. The van der Waals surface area contributed by atoms with Crippen LogP contribution < -0.4 is 5.73 Å². The van der Waals surface area contributed by atoms with Crippen LogP contribution in [0, 0.1) is 0 Å². The lowest BCUT2D eigenvalue weighted by molar-refractivity contribution is 0.971. The highest BCUT2D eigenvalue weighted by Gasteiger charge is 1.94. The fraction of sp³-hybridized carbons (Fsp3) is 0.333. The molecule has 2 heteroatoms. The second kappa shape index (κ2) is 5.45. The molecule has 3 N–H and O–H groups in total. The molecule has 0 radical (unpaired) electrons. The van der Waals surface area contributed by atoms with Crippen LogP contribution in [0.15, 0.2) is 30.0 Å². The first-order valence-corrected chi connectivity index (χ1v) is 4.94. The standard InChI is InChI=1S/C12H18N2/c1-3-10(2)4-5-12-8-11(6-7-13)9-14-12/h3-5,8-9,14H,6-7,13H2,1-2H3/b5-4-,10-3-. The van der Waals surface area contributed by atoms with E-state index in [9.17, 15) is 0 Å². The van der Waals surface area contributed by atoms with Gasteiger partial charge in [-0.1, -0.05) is 17.7 Å². The van der Waals surface area contributed by atoms with Crippen LogP contribution in [0.3, 0.4) is 0 Å². The van der Waals surface area contributed by atoms with Gasteiger partial charge in [-0.2, -0.15) is 0 Å². The molecule has 0 saturated carbocycles. The van der Waals surface area contributed by atoms with Crippen molar-refractivity contribution in [1.82, 2.24) is 4.98 Å². The number of aromatic amines is 1. The molecule has 0 aromatic carbocycles. The predicted molar refractivity (Wildman–Crippen MR) is 62.0 cm³/mol. The van der Waals surface area contributed by atoms with Crippen molar-refractivity contribution < 1.29 is 0 Å². The molecule has 0 aliphatic heterocycles. The zero-order valence-corrected chi connectivity index (χ0v) is 8.88. The van der Waals surface area contributed by atoms with Crippen LogP contribution >= 0.6 is 0 Å². The lowest BCUT2D eigenvalue weighted by Gasteiger charge is -1.89. The summed E-state index contributed by atoms with van der Waals surface area (Å²) in [6.45, 7) is 4.82. The Hall–Kier alpha value is -1.28. The van der Waals surface area contributed by atoms with Crippen LogP contribution in [-0.2, 0) is 6.42 Å². The average molecular weight is 190 g/mol. The molecule has 0 aliphatic carbocycles. The molecule has 1 rings (SSSR count). The lowest BCUT2D eigenvalue weighted by atomic mass is 10.2. The number of hydrogen-bond donors (Lipinski definition) is 2. The van der Waals surface area contributed by atoms with E-state index in [1.54, 1.807) is 0 Å². The molecule has 0 amide bonds. The zero-order chi connectivity index (χ0) is 10.4. The Balaban J connectivity index is 2.63. The normalized spacial score (nSPS) is 12.6.